The van der Waals surface area contributed by atoms with Crippen molar-refractivity contribution in [2.24, 2.45) is 7.05 Å². The summed E-state index contributed by atoms with van der Waals surface area (Å²) in [4.78, 5) is 10.3. The maximum atomic E-state index is 10.3. The van der Waals surface area contributed by atoms with Gasteiger partial charge in [0, 0.05) is 7.05 Å². The maximum Gasteiger partial charge on any atom is 0.358 e. The number of carboxylic acids is 1. The molecule has 10 heavy (non-hydrogen) atoms. The molecular weight excluding hydrogens is 134 g/mol. The number of aromatic nitrogens is 3. The highest BCUT2D eigenvalue weighted by Gasteiger charge is 2.11. The number of rotatable bonds is 1. The highest BCUT2D eigenvalue weighted by Crippen LogP contribution is 1.99. The van der Waals surface area contributed by atoms with E-state index in [0.717, 1.165) is 0 Å². The Labute approximate surface area is 57.3 Å². The quantitative estimate of drug-likeness (QED) is 0.589. The molecule has 5 heteroatoms. The van der Waals surface area contributed by atoms with Gasteiger partial charge in [-0.3, -0.25) is 4.68 Å². The van der Waals surface area contributed by atoms with Crippen molar-refractivity contribution in [1.29, 1.82) is 0 Å². The lowest BCUT2D eigenvalue weighted by atomic mass is 10.3. The summed E-state index contributed by atoms with van der Waals surface area (Å²) >= 11 is 0. The molecular formula is C5H7N3O2. The lowest BCUT2D eigenvalue weighted by molar-refractivity contribution is 0.0689. The lowest BCUT2D eigenvalue weighted by Crippen LogP contribution is -2.00. The van der Waals surface area contributed by atoms with E-state index < -0.39 is 5.97 Å². The van der Waals surface area contributed by atoms with Gasteiger partial charge in [0.25, 0.3) is 0 Å². The highest BCUT2D eigenvalue weighted by atomic mass is 16.4. The fourth-order valence-electron chi connectivity index (χ4n) is 0.602. The fraction of sp³-hybridized carbons (Fsp3) is 0.400. The van der Waals surface area contributed by atoms with E-state index in [1.54, 1.807) is 14.0 Å². The normalized spacial score (nSPS) is 9.80. The van der Waals surface area contributed by atoms with Gasteiger partial charge in [-0.2, -0.15) is 0 Å². The Hall–Kier alpha value is -1.39. The molecule has 1 rings (SSSR count). The highest BCUT2D eigenvalue weighted by molar-refractivity contribution is 5.86. The largest absolute Gasteiger partial charge is 0.476 e. The van der Waals surface area contributed by atoms with Gasteiger partial charge in [-0.25, -0.2) is 4.79 Å². The van der Waals surface area contributed by atoms with Crippen molar-refractivity contribution in [3.05, 3.63) is 11.4 Å². The Kier molecular flexibility index (Phi) is 1.41. The van der Waals surface area contributed by atoms with Crippen LogP contribution >= 0.6 is 0 Å². The zero-order valence-electron chi connectivity index (χ0n) is 5.70. The van der Waals surface area contributed by atoms with Crippen LogP contribution < -0.4 is 0 Å². The number of aromatic carboxylic acids is 1. The van der Waals surface area contributed by atoms with E-state index >= 15 is 0 Å². The summed E-state index contributed by atoms with van der Waals surface area (Å²) in [5.41, 5.74) is 0.579. The number of aryl methyl sites for hydroxylation is 1. The molecule has 5 nitrogen and oxygen atoms in total. The minimum atomic E-state index is -1.04. The van der Waals surface area contributed by atoms with Crippen LogP contribution in [0.2, 0.25) is 0 Å². The minimum absolute atomic E-state index is 0.0162. The minimum Gasteiger partial charge on any atom is -0.476 e. The van der Waals surface area contributed by atoms with Crippen LogP contribution in [-0.2, 0) is 7.05 Å². The van der Waals surface area contributed by atoms with E-state index in [-0.39, 0.29) is 5.69 Å². The molecule has 0 spiro atoms. The first-order valence-electron chi connectivity index (χ1n) is 2.72. The molecule has 0 fully saturated rings. The summed E-state index contributed by atoms with van der Waals surface area (Å²) in [6.45, 7) is 1.66. The van der Waals surface area contributed by atoms with Crippen molar-refractivity contribution in [2.45, 2.75) is 6.92 Å². The molecule has 1 N–H and O–H groups in total. The molecule has 0 atom stereocenters. The summed E-state index contributed by atoms with van der Waals surface area (Å²) in [5.74, 6) is -1.04. The molecule has 0 saturated carbocycles. The van der Waals surface area contributed by atoms with Gasteiger partial charge in [-0.15, -0.1) is 5.10 Å². The number of hydrogen-bond donors (Lipinski definition) is 1. The topological polar surface area (TPSA) is 68.0 Å². The molecule has 0 bridgehead atoms. The summed E-state index contributed by atoms with van der Waals surface area (Å²) < 4.78 is 1.42. The van der Waals surface area contributed by atoms with Crippen LogP contribution in [0.15, 0.2) is 0 Å². The van der Waals surface area contributed by atoms with Gasteiger partial charge in [-0.1, -0.05) is 5.21 Å². The van der Waals surface area contributed by atoms with E-state index in [2.05, 4.69) is 10.3 Å². The second kappa shape index (κ2) is 2.09. The van der Waals surface area contributed by atoms with Gasteiger partial charge >= 0.3 is 5.97 Å². The predicted octanol–water partition coefficient (Wildman–Crippen LogP) is -0.178. The van der Waals surface area contributed by atoms with Crippen molar-refractivity contribution in [2.75, 3.05) is 0 Å². The van der Waals surface area contributed by atoms with Crippen LogP contribution in [0.5, 0.6) is 0 Å². The first-order valence-corrected chi connectivity index (χ1v) is 2.72. The number of carboxylic acid groups (broad SMARTS) is 1. The first-order chi connectivity index (χ1) is 4.63. The van der Waals surface area contributed by atoms with Crippen molar-refractivity contribution in [1.82, 2.24) is 15.0 Å². The van der Waals surface area contributed by atoms with Gasteiger partial charge in [0.15, 0.2) is 5.69 Å². The fourth-order valence-corrected chi connectivity index (χ4v) is 0.602. The smallest absolute Gasteiger partial charge is 0.358 e. The second-order valence-electron chi connectivity index (χ2n) is 1.95. The summed E-state index contributed by atoms with van der Waals surface area (Å²) in [6.07, 6.45) is 0. The van der Waals surface area contributed by atoms with Gasteiger partial charge in [0.05, 0.1) is 5.69 Å². The van der Waals surface area contributed by atoms with Crippen molar-refractivity contribution >= 4 is 5.97 Å². The molecule has 0 radical (unpaired) electrons. The van der Waals surface area contributed by atoms with Gasteiger partial charge in [0.1, 0.15) is 0 Å². The first kappa shape index (κ1) is 6.73. The number of hydrogen-bond acceptors (Lipinski definition) is 3. The Balaban J connectivity index is 3.17. The number of nitrogens with zero attached hydrogens (tertiary/aromatic N) is 3. The summed E-state index contributed by atoms with van der Waals surface area (Å²) in [5, 5.41) is 15.4. The van der Waals surface area contributed by atoms with Crippen molar-refractivity contribution in [3.63, 3.8) is 0 Å². The predicted molar refractivity (Wildman–Crippen MR) is 32.7 cm³/mol. The molecule has 0 aromatic carbocycles. The van der Waals surface area contributed by atoms with E-state index in [0.29, 0.717) is 5.69 Å². The SMILES string of the molecule is Cc1c(C(=O)O)nnn1C. The van der Waals surface area contributed by atoms with Gasteiger partial charge in [-0.05, 0) is 6.92 Å². The maximum absolute atomic E-state index is 10.3. The average molecular weight is 141 g/mol. The van der Waals surface area contributed by atoms with E-state index in [9.17, 15) is 4.79 Å². The molecule has 1 heterocycles. The molecule has 1 aromatic heterocycles. The third-order valence-electron chi connectivity index (χ3n) is 1.31. The van der Waals surface area contributed by atoms with E-state index in [1.807, 2.05) is 0 Å². The standard InChI is InChI=1S/C5H7N3O2/c1-3-4(5(9)10)6-7-8(3)2/h1-2H3,(H,9,10). The zero-order chi connectivity index (χ0) is 7.72. The lowest BCUT2D eigenvalue weighted by Gasteiger charge is -1.89. The van der Waals surface area contributed by atoms with Crippen LogP contribution in [0.4, 0.5) is 0 Å². The third-order valence-corrected chi connectivity index (χ3v) is 1.31. The van der Waals surface area contributed by atoms with Crippen molar-refractivity contribution < 1.29 is 9.90 Å². The Morgan fingerprint density at radius 3 is 2.50 bits per heavy atom. The van der Waals surface area contributed by atoms with Crippen LogP contribution in [0.3, 0.4) is 0 Å². The third kappa shape index (κ3) is 0.854. The van der Waals surface area contributed by atoms with Gasteiger partial charge < -0.3 is 5.11 Å². The molecule has 0 aliphatic rings. The van der Waals surface area contributed by atoms with Gasteiger partial charge in [0.2, 0.25) is 0 Å². The molecule has 0 unspecified atom stereocenters. The Bertz CT molecular complexity index is 266. The Morgan fingerprint density at radius 2 is 2.30 bits per heavy atom. The van der Waals surface area contributed by atoms with Crippen LogP contribution in [0.1, 0.15) is 16.2 Å². The zero-order valence-corrected chi connectivity index (χ0v) is 5.70. The average Bonchev–Trinajstić information content (AvgIpc) is 2.14. The Morgan fingerprint density at radius 1 is 1.70 bits per heavy atom. The second-order valence-corrected chi connectivity index (χ2v) is 1.95. The van der Waals surface area contributed by atoms with Crippen LogP contribution in [0, 0.1) is 6.92 Å². The number of carbonyl (C=O) groups is 1. The monoisotopic (exact) mass is 141 g/mol. The van der Waals surface area contributed by atoms with E-state index in [4.69, 9.17) is 5.11 Å². The molecule has 0 amide bonds. The van der Waals surface area contributed by atoms with E-state index in [1.165, 1.54) is 4.68 Å². The van der Waals surface area contributed by atoms with Crippen molar-refractivity contribution in [3.8, 4) is 0 Å². The molecule has 0 aliphatic heterocycles. The molecule has 54 valence electrons. The molecule has 0 aliphatic carbocycles. The summed E-state index contributed by atoms with van der Waals surface area (Å²) in [7, 11) is 1.65. The van der Waals surface area contributed by atoms with Crippen LogP contribution in [-0.4, -0.2) is 26.1 Å². The molecule has 0 saturated heterocycles. The molecule has 1 aromatic rings. The summed E-state index contributed by atoms with van der Waals surface area (Å²) in [6, 6.07) is 0. The van der Waals surface area contributed by atoms with Crippen LogP contribution in [0.25, 0.3) is 0 Å².